The van der Waals surface area contributed by atoms with Crippen LogP contribution in [-0.2, 0) is 16.9 Å². The van der Waals surface area contributed by atoms with Crippen molar-refractivity contribution in [3.05, 3.63) is 66.0 Å². The van der Waals surface area contributed by atoms with E-state index < -0.39 is 11.7 Å². The number of nitrogens with zero attached hydrogens (tertiary/aromatic N) is 1. The van der Waals surface area contributed by atoms with Crippen molar-refractivity contribution < 1.29 is 9.53 Å². The van der Waals surface area contributed by atoms with E-state index in [1.807, 2.05) is 30.3 Å². The van der Waals surface area contributed by atoms with Crippen LogP contribution in [0.5, 0.6) is 0 Å². The fourth-order valence-electron chi connectivity index (χ4n) is 1.81. The maximum atomic E-state index is 11.9. The van der Waals surface area contributed by atoms with Crippen molar-refractivity contribution in [3.8, 4) is 12.3 Å². The Labute approximate surface area is 124 Å². The first-order valence-corrected chi connectivity index (χ1v) is 6.53. The van der Waals surface area contributed by atoms with Gasteiger partial charge in [-0.2, -0.15) is 0 Å². The van der Waals surface area contributed by atoms with E-state index in [1.165, 1.54) is 0 Å². The third-order valence-corrected chi connectivity index (χ3v) is 3.06. The molecular weight excluding hydrogens is 264 g/mol. The van der Waals surface area contributed by atoms with Crippen LogP contribution in [0.2, 0.25) is 0 Å². The molecule has 1 N–H and O–H groups in total. The molecule has 4 heteroatoms. The molecule has 1 atom stereocenters. The first kappa shape index (κ1) is 14.6. The lowest BCUT2D eigenvalue weighted by atomic mass is 9.99. The summed E-state index contributed by atoms with van der Waals surface area (Å²) < 4.78 is 5.37. The van der Waals surface area contributed by atoms with Crippen LogP contribution in [0.4, 0.5) is 4.79 Å². The molecule has 21 heavy (non-hydrogen) atoms. The molecule has 1 unspecified atom stereocenters. The maximum absolute atomic E-state index is 11.9. The number of amides is 1. The Morgan fingerprint density at radius 2 is 2.10 bits per heavy atom. The number of ether oxygens (including phenoxy) is 1. The first-order chi connectivity index (χ1) is 10.1. The molecule has 0 saturated heterocycles. The van der Waals surface area contributed by atoms with Crippen LogP contribution in [0, 0.1) is 12.3 Å². The van der Waals surface area contributed by atoms with E-state index in [4.69, 9.17) is 11.2 Å². The van der Waals surface area contributed by atoms with Gasteiger partial charge in [-0.25, -0.2) is 4.79 Å². The van der Waals surface area contributed by atoms with Crippen molar-refractivity contribution in [2.45, 2.75) is 19.1 Å². The summed E-state index contributed by atoms with van der Waals surface area (Å²) in [4.78, 5) is 15.9. The summed E-state index contributed by atoms with van der Waals surface area (Å²) in [5.41, 5.74) is 0.496. The van der Waals surface area contributed by atoms with Gasteiger partial charge >= 0.3 is 6.09 Å². The summed E-state index contributed by atoms with van der Waals surface area (Å²) in [5, 5.41) is 2.68. The number of nitrogens with one attached hydrogen (secondary N) is 1. The molecule has 0 aliphatic rings. The van der Waals surface area contributed by atoms with Crippen LogP contribution >= 0.6 is 0 Å². The second-order valence-electron chi connectivity index (χ2n) is 4.65. The lowest BCUT2D eigenvalue weighted by Gasteiger charge is -2.24. The van der Waals surface area contributed by atoms with Crippen LogP contribution < -0.4 is 5.32 Å². The molecule has 1 aromatic carbocycles. The highest BCUT2D eigenvalue weighted by atomic mass is 16.6. The highest BCUT2D eigenvalue weighted by Crippen LogP contribution is 2.23. The summed E-state index contributed by atoms with van der Waals surface area (Å²) in [7, 11) is 0. The number of aromatic nitrogens is 1. The molecule has 4 nitrogen and oxygen atoms in total. The molecule has 0 fully saturated rings. The quantitative estimate of drug-likeness (QED) is 0.876. The van der Waals surface area contributed by atoms with Gasteiger partial charge in [-0.1, -0.05) is 42.3 Å². The van der Waals surface area contributed by atoms with Gasteiger partial charge in [0, 0.05) is 24.5 Å². The predicted molar refractivity (Wildman–Crippen MR) is 80.2 cm³/mol. The van der Waals surface area contributed by atoms with Gasteiger partial charge in [-0.05, 0) is 18.6 Å². The van der Waals surface area contributed by atoms with Crippen molar-refractivity contribution in [1.82, 2.24) is 10.3 Å². The number of hydrogen-bond donors (Lipinski definition) is 1. The Bertz CT molecular complexity index is 635. The van der Waals surface area contributed by atoms with E-state index in [9.17, 15) is 4.79 Å². The Morgan fingerprint density at radius 3 is 2.71 bits per heavy atom. The van der Waals surface area contributed by atoms with Crippen LogP contribution in [-0.4, -0.2) is 11.1 Å². The van der Waals surface area contributed by atoms with Gasteiger partial charge in [0.2, 0.25) is 0 Å². The molecule has 2 rings (SSSR count). The normalized spacial score (nSPS) is 12.8. The van der Waals surface area contributed by atoms with Crippen molar-refractivity contribution >= 4 is 6.09 Å². The van der Waals surface area contributed by atoms with E-state index in [0.717, 1.165) is 5.56 Å². The Kier molecular flexibility index (Phi) is 4.57. The van der Waals surface area contributed by atoms with E-state index >= 15 is 0 Å². The number of hydrogen-bond acceptors (Lipinski definition) is 3. The van der Waals surface area contributed by atoms with Gasteiger partial charge in [-0.15, -0.1) is 6.42 Å². The van der Waals surface area contributed by atoms with Crippen LogP contribution in [0.1, 0.15) is 18.1 Å². The average molecular weight is 280 g/mol. The molecule has 0 aliphatic carbocycles. The first-order valence-electron chi connectivity index (χ1n) is 6.53. The predicted octanol–water partition coefficient (Wildman–Crippen LogP) is 2.86. The minimum atomic E-state index is -1.14. The number of carbonyl (C=O) groups excluding carboxylic acids is 1. The summed E-state index contributed by atoms with van der Waals surface area (Å²) >= 11 is 0. The fourth-order valence-corrected chi connectivity index (χ4v) is 1.81. The third kappa shape index (κ3) is 3.83. The standard InChI is InChI=1S/C17H16N2O2/c1-3-17(2,15-10-7-11-18-13-15)21-16(20)19-12-14-8-5-4-6-9-14/h1,4-11,13H,12H2,2H3,(H,19,20). The summed E-state index contributed by atoms with van der Waals surface area (Å²) in [6.07, 6.45) is 8.17. The molecule has 1 heterocycles. The largest absolute Gasteiger partial charge is 0.426 e. The number of terminal acetylenes is 1. The van der Waals surface area contributed by atoms with E-state index in [0.29, 0.717) is 12.1 Å². The van der Waals surface area contributed by atoms with Gasteiger partial charge < -0.3 is 10.1 Å². The van der Waals surface area contributed by atoms with E-state index in [1.54, 1.807) is 31.5 Å². The summed E-state index contributed by atoms with van der Waals surface area (Å²) in [6, 6.07) is 13.1. The SMILES string of the molecule is C#CC(C)(OC(=O)NCc1ccccc1)c1cccnc1. The summed E-state index contributed by atoms with van der Waals surface area (Å²) in [6.45, 7) is 2.04. The third-order valence-electron chi connectivity index (χ3n) is 3.06. The highest BCUT2D eigenvalue weighted by Gasteiger charge is 2.28. The van der Waals surface area contributed by atoms with Crippen molar-refractivity contribution in [2.75, 3.05) is 0 Å². The average Bonchev–Trinajstić information content (AvgIpc) is 2.54. The molecule has 1 amide bonds. The van der Waals surface area contributed by atoms with Crippen LogP contribution in [0.15, 0.2) is 54.9 Å². The van der Waals surface area contributed by atoms with Gasteiger partial charge in [0.25, 0.3) is 0 Å². The molecule has 1 aromatic heterocycles. The highest BCUT2D eigenvalue weighted by molar-refractivity contribution is 5.68. The van der Waals surface area contributed by atoms with Gasteiger partial charge in [0.15, 0.2) is 5.60 Å². The second-order valence-corrected chi connectivity index (χ2v) is 4.65. The number of carbonyl (C=O) groups is 1. The van der Waals surface area contributed by atoms with Crippen molar-refractivity contribution in [1.29, 1.82) is 0 Å². The van der Waals surface area contributed by atoms with Crippen molar-refractivity contribution in [2.24, 2.45) is 0 Å². The zero-order chi connectivity index (χ0) is 15.1. The maximum Gasteiger partial charge on any atom is 0.409 e. The monoisotopic (exact) mass is 280 g/mol. The fraction of sp³-hybridized carbons (Fsp3) is 0.176. The van der Waals surface area contributed by atoms with E-state index in [-0.39, 0.29) is 0 Å². The van der Waals surface area contributed by atoms with Crippen molar-refractivity contribution in [3.63, 3.8) is 0 Å². The van der Waals surface area contributed by atoms with Gasteiger partial charge in [-0.3, -0.25) is 4.98 Å². The molecule has 0 bridgehead atoms. The lowest BCUT2D eigenvalue weighted by Crippen LogP contribution is -2.34. The Morgan fingerprint density at radius 1 is 1.33 bits per heavy atom. The molecule has 0 radical (unpaired) electrons. The summed E-state index contributed by atoms with van der Waals surface area (Å²) in [5.74, 6) is 2.50. The minimum absolute atomic E-state index is 0.382. The van der Waals surface area contributed by atoms with Gasteiger partial charge in [0.1, 0.15) is 0 Å². The van der Waals surface area contributed by atoms with Gasteiger partial charge in [0.05, 0.1) is 0 Å². The number of rotatable bonds is 4. The molecule has 2 aromatic rings. The number of benzene rings is 1. The Balaban J connectivity index is 1.99. The molecular formula is C17H16N2O2. The molecule has 0 aliphatic heterocycles. The van der Waals surface area contributed by atoms with Crippen LogP contribution in [0.25, 0.3) is 0 Å². The topological polar surface area (TPSA) is 51.2 Å². The smallest absolute Gasteiger partial charge is 0.409 e. The van der Waals surface area contributed by atoms with E-state index in [2.05, 4.69) is 16.2 Å². The molecule has 0 spiro atoms. The molecule has 0 saturated carbocycles. The van der Waals surface area contributed by atoms with Crippen LogP contribution in [0.3, 0.4) is 0 Å². The number of alkyl carbamates (subject to hydrolysis) is 1. The zero-order valence-electron chi connectivity index (χ0n) is 11.7. The minimum Gasteiger partial charge on any atom is -0.426 e. The molecule has 106 valence electrons. The lowest BCUT2D eigenvalue weighted by molar-refractivity contribution is 0.0640. The Hall–Kier alpha value is -2.80. The second kappa shape index (κ2) is 6.58. The zero-order valence-corrected chi connectivity index (χ0v) is 11.7. The number of pyridine rings is 1.